The first kappa shape index (κ1) is 13.6. The van der Waals surface area contributed by atoms with Crippen LogP contribution in [0.1, 0.15) is 24.2 Å². The number of rotatable bonds is 3. The number of hydrogen-bond donors (Lipinski definition) is 0. The molecule has 1 fully saturated rings. The van der Waals surface area contributed by atoms with Crippen LogP contribution in [0.2, 0.25) is 0 Å². The van der Waals surface area contributed by atoms with Gasteiger partial charge in [-0.2, -0.15) is 0 Å². The van der Waals surface area contributed by atoms with Gasteiger partial charge in [-0.3, -0.25) is 0 Å². The van der Waals surface area contributed by atoms with Crippen LogP contribution < -0.4 is 4.90 Å². The van der Waals surface area contributed by atoms with Crippen molar-refractivity contribution >= 4 is 17.5 Å². The third-order valence-electron chi connectivity index (χ3n) is 3.50. The molecule has 0 radical (unpaired) electrons. The van der Waals surface area contributed by atoms with Crippen molar-refractivity contribution in [1.29, 1.82) is 0 Å². The second-order valence-corrected chi connectivity index (χ2v) is 5.37. The number of alkyl halides is 1. The van der Waals surface area contributed by atoms with Gasteiger partial charge in [-0.15, -0.1) is 11.6 Å². The van der Waals surface area contributed by atoms with Crippen molar-refractivity contribution in [1.82, 2.24) is 14.9 Å². The largest absolute Gasteiger partial charge is 0.340 e. The minimum absolute atomic E-state index is 0.439. The van der Waals surface area contributed by atoms with Gasteiger partial charge >= 0.3 is 0 Å². The first-order valence-electron chi connectivity index (χ1n) is 6.42. The topological polar surface area (TPSA) is 32.3 Å². The number of anilines is 1. The molecule has 1 saturated heterocycles. The van der Waals surface area contributed by atoms with Crippen LogP contribution in [0.4, 0.5) is 5.95 Å². The maximum atomic E-state index is 5.87. The van der Waals surface area contributed by atoms with Crippen molar-refractivity contribution in [2.75, 3.05) is 32.1 Å². The van der Waals surface area contributed by atoms with E-state index in [0.29, 0.717) is 11.9 Å². The minimum atomic E-state index is 0.439. The molecule has 1 aliphatic rings. The molecule has 1 aromatic rings. The summed E-state index contributed by atoms with van der Waals surface area (Å²) in [6.07, 6.45) is 2.44. The molecule has 4 nitrogen and oxygen atoms in total. The van der Waals surface area contributed by atoms with Crippen LogP contribution in [-0.2, 0) is 5.88 Å². The lowest BCUT2D eigenvalue weighted by Crippen LogP contribution is -2.45. The van der Waals surface area contributed by atoms with E-state index in [9.17, 15) is 0 Å². The van der Waals surface area contributed by atoms with Gasteiger partial charge in [-0.05, 0) is 39.4 Å². The Morgan fingerprint density at radius 1 is 1.50 bits per heavy atom. The monoisotopic (exact) mass is 268 g/mol. The van der Waals surface area contributed by atoms with E-state index in [2.05, 4.69) is 33.9 Å². The quantitative estimate of drug-likeness (QED) is 0.786. The van der Waals surface area contributed by atoms with Crippen molar-refractivity contribution in [3.63, 3.8) is 0 Å². The molecule has 0 aliphatic carbocycles. The number of likely N-dealkylation sites (tertiary alicyclic amines) is 1. The molecule has 0 N–H and O–H groups in total. The molecule has 2 rings (SSSR count). The first-order chi connectivity index (χ1) is 8.60. The van der Waals surface area contributed by atoms with Gasteiger partial charge < -0.3 is 9.80 Å². The molecular weight excluding hydrogens is 248 g/mol. The van der Waals surface area contributed by atoms with E-state index in [4.69, 9.17) is 11.6 Å². The Bertz CT molecular complexity index is 410. The van der Waals surface area contributed by atoms with Gasteiger partial charge in [0.2, 0.25) is 5.95 Å². The fourth-order valence-electron chi connectivity index (χ4n) is 2.46. The highest BCUT2D eigenvalue weighted by Gasteiger charge is 2.23. The molecular formula is C13H21ClN4. The zero-order valence-corrected chi connectivity index (χ0v) is 12.1. The Labute approximate surface area is 114 Å². The van der Waals surface area contributed by atoms with Gasteiger partial charge in [0.05, 0.1) is 11.6 Å². The van der Waals surface area contributed by atoms with Crippen LogP contribution in [0.3, 0.4) is 0 Å². The zero-order valence-electron chi connectivity index (χ0n) is 11.4. The van der Waals surface area contributed by atoms with Gasteiger partial charge in [0.15, 0.2) is 0 Å². The summed E-state index contributed by atoms with van der Waals surface area (Å²) in [5.41, 5.74) is 1.88. The zero-order chi connectivity index (χ0) is 13.1. The molecule has 0 spiro atoms. The van der Waals surface area contributed by atoms with E-state index in [1.54, 1.807) is 0 Å². The second-order valence-electron chi connectivity index (χ2n) is 5.10. The highest BCUT2D eigenvalue weighted by molar-refractivity contribution is 6.16. The minimum Gasteiger partial charge on any atom is -0.340 e. The number of aromatic nitrogens is 2. The number of halogens is 1. The molecule has 2 heterocycles. The molecule has 1 unspecified atom stereocenters. The standard InChI is InChI=1S/C13H21ClN4/c1-10-7-11(8-14)16-13(15-10)18(3)12-5-4-6-17(2)9-12/h7,12H,4-6,8-9H2,1-3H3. The van der Waals surface area contributed by atoms with E-state index in [0.717, 1.165) is 23.9 Å². The van der Waals surface area contributed by atoms with Gasteiger partial charge in [0, 0.05) is 25.3 Å². The van der Waals surface area contributed by atoms with Gasteiger partial charge in [0.25, 0.3) is 0 Å². The lowest BCUT2D eigenvalue weighted by Gasteiger charge is -2.36. The Morgan fingerprint density at radius 3 is 2.94 bits per heavy atom. The van der Waals surface area contributed by atoms with Crippen LogP contribution in [0.15, 0.2) is 6.07 Å². The predicted octanol–water partition coefficient (Wildman–Crippen LogP) is 2.05. The maximum absolute atomic E-state index is 5.87. The Balaban J connectivity index is 2.16. The number of likely N-dealkylation sites (N-methyl/N-ethyl adjacent to an activating group) is 2. The molecule has 0 amide bonds. The summed E-state index contributed by atoms with van der Waals surface area (Å²) < 4.78 is 0. The summed E-state index contributed by atoms with van der Waals surface area (Å²) in [7, 11) is 4.25. The molecule has 0 aromatic carbocycles. The van der Waals surface area contributed by atoms with Crippen molar-refractivity contribution in [3.8, 4) is 0 Å². The Morgan fingerprint density at radius 2 is 2.28 bits per heavy atom. The number of piperidine rings is 1. The van der Waals surface area contributed by atoms with Crippen LogP contribution in [0.25, 0.3) is 0 Å². The molecule has 18 heavy (non-hydrogen) atoms. The van der Waals surface area contributed by atoms with Crippen LogP contribution in [0, 0.1) is 6.92 Å². The summed E-state index contributed by atoms with van der Waals surface area (Å²) in [5.74, 6) is 1.24. The van der Waals surface area contributed by atoms with Crippen molar-refractivity contribution in [2.45, 2.75) is 31.7 Å². The van der Waals surface area contributed by atoms with Crippen LogP contribution >= 0.6 is 11.6 Å². The Kier molecular flexibility index (Phi) is 4.40. The molecule has 100 valence electrons. The number of nitrogens with zero attached hydrogens (tertiary/aromatic N) is 4. The fourth-order valence-corrected chi connectivity index (χ4v) is 2.60. The highest BCUT2D eigenvalue weighted by Crippen LogP contribution is 2.19. The summed E-state index contributed by atoms with van der Waals surface area (Å²) in [6.45, 7) is 4.25. The average Bonchev–Trinajstić information content (AvgIpc) is 2.37. The summed E-state index contributed by atoms with van der Waals surface area (Å²) in [5, 5.41) is 0. The summed E-state index contributed by atoms with van der Waals surface area (Å²) in [6, 6.07) is 2.44. The number of aryl methyl sites for hydroxylation is 1. The molecule has 0 bridgehead atoms. The highest BCUT2D eigenvalue weighted by atomic mass is 35.5. The SMILES string of the molecule is Cc1cc(CCl)nc(N(C)C2CCCN(C)C2)n1. The lowest BCUT2D eigenvalue weighted by molar-refractivity contribution is 0.247. The third kappa shape index (κ3) is 3.12. The third-order valence-corrected chi connectivity index (χ3v) is 3.77. The predicted molar refractivity (Wildman–Crippen MR) is 75.2 cm³/mol. The van der Waals surface area contributed by atoms with Crippen molar-refractivity contribution in [2.24, 2.45) is 0 Å². The van der Waals surface area contributed by atoms with Gasteiger partial charge in [-0.1, -0.05) is 0 Å². The van der Waals surface area contributed by atoms with E-state index in [1.165, 1.54) is 19.4 Å². The normalized spacial score (nSPS) is 21.0. The molecule has 0 saturated carbocycles. The Hall–Kier alpha value is -0.870. The van der Waals surface area contributed by atoms with E-state index < -0.39 is 0 Å². The summed E-state index contributed by atoms with van der Waals surface area (Å²) in [4.78, 5) is 13.6. The first-order valence-corrected chi connectivity index (χ1v) is 6.95. The van der Waals surface area contributed by atoms with E-state index in [1.807, 2.05) is 13.0 Å². The molecule has 1 aliphatic heterocycles. The molecule has 1 aromatic heterocycles. The lowest BCUT2D eigenvalue weighted by atomic mass is 10.1. The van der Waals surface area contributed by atoms with Crippen molar-refractivity contribution in [3.05, 3.63) is 17.5 Å². The smallest absolute Gasteiger partial charge is 0.225 e. The van der Waals surface area contributed by atoms with Crippen LogP contribution in [-0.4, -0.2) is 48.1 Å². The van der Waals surface area contributed by atoms with E-state index in [-0.39, 0.29) is 0 Å². The summed E-state index contributed by atoms with van der Waals surface area (Å²) >= 11 is 5.87. The maximum Gasteiger partial charge on any atom is 0.225 e. The van der Waals surface area contributed by atoms with E-state index >= 15 is 0 Å². The fraction of sp³-hybridized carbons (Fsp3) is 0.692. The second kappa shape index (κ2) is 5.85. The van der Waals surface area contributed by atoms with Crippen LogP contribution in [0.5, 0.6) is 0 Å². The van der Waals surface area contributed by atoms with Gasteiger partial charge in [-0.25, -0.2) is 9.97 Å². The molecule has 1 atom stereocenters. The molecule has 5 heteroatoms. The van der Waals surface area contributed by atoms with Gasteiger partial charge in [0.1, 0.15) is 0 Å². The van der Waals surface area contributed by atoms with Crippen molar-refractivity contribution < 1.29 is 0 Å². The number of hydrogen-bond acceptors (Lipinski definition) is 4. The average molecular weight is 269 g/mol.